The van der Waals surface area contributed by atoms with E-state index >= 15 is 0 Å². The highest BCUT2D eigenvalue weighted by atomic mass is 35.5. The Morgan fingerprint density at radius 3 is 2.61 bits per heavy atom. The summed E-state index contributed by atoms with van der Waals surface area (Å²) in [6, 6.07) is 20.3. The van der Waals surface area contributed by atoms with E-state index in [1.807, 2.05) is 6.07 Å². The second-order valence-corrected chi connectivity index (χ2v) is 10.7. The number of nitrogens with zero attached hydrogens (tertiary/aromatic N) is 2. The lowest BCUT2D eigenvalue weighted by Crippen LogP contribution is -2.30. The number of rotatable bonds is 7. The number of nitriles is 1. The molecule has 1 heterocycles. The van der Waals surface area contributed by atoms with Crippen LogP contribution in [0.25, 0.3) is 11.1 Å². The zero-order valence-electron chi connectivity index (χ0n) is 17.1. The molecular weight excluding hydrogens is 497 g/mol. The first kappa shape index (κ1) is 23.4. The number of thiazole rings is 1. The van der Waals surface area contributed by atoms with E-state index in [4.69, 9.17) is 23.2 Å². The summed E-state index contributed by atoms with van der Waals surface area (Å²) in [6.45, 7) is 0. The number of aromatic nitrogens is 1. The molecule has 0 amide bonds. The summed E-state index contributed by atoms with van der Waals surface area (Å²) in [5.74, 6) is 0. The van der Waals surface area contributed by atoms with Gasteiger partial charge in [0.15, 0.2) is 0 Å². The maximum Gasteiger partial charge on any atom is 0.241 e. The Morgan fingerprint density at radius 2 is 1.88 bits per heavy atom. The Bertz CT molecular complexity index is 1430. The third-order valence-corrected chi connectivity index (χ3v) is 7.84. The molecule has 9 heteroatoms. The lowest BCUT2D eigenvalue weighted by molar-refractivity contribution is 0.554. The van der Waals surface area contributed by atoms with Gasteiger partial charge in [0, 0.05) is 27.2 Å². The van der Waals surface area contributed by atoms with Crippen LogP contribution in [-0.2, 0) is 16.4 Å². The standard InChI is InChI=1S/C24H17Cl2N3O2S2/c25-19-7-8-21(22(26)14-19)18-5-2-6-20(13-18)33(30,31)29-23(24-28-9-10-32-24)12-16-3-1-4-17(11-16)15-27/h1-11,13-14,23,29H,12H2/t23-/m0/s1. The van der Waals surface area contributed by atoms with E-state index in [2.05, 4.69) is 15.8 Å². The van der Waals surface area contributed by atoms with Crippen molar-refractivity contribution in [3.63, 3.8) is 0 Å². The Balaban J connectivity index is 1.66. The Morgan fingerprint density at radius 1 is 1.06 bits per heavy atom. The number of sulfonamides is 1. The number of hydrogen-bond acceptors (Lipinski definition) is 5. The van der Waals surface area contributed by atoms with Gasteiger partial charge in [0.05, 0.1) is 22.6 Å². The summed E-state index contributed by atoms with van der Waals surface area (Å²) < 4.78 is 29.4. The van der Waals surface area contributed by atoms with Crippen LogP contribution in [0.2, 0.25) is 10.0 Å². The largest absolute Gasteiger partial charge is 0.248 e. The number of nitrogens with one attached hydrogen (secondary N) is 1. The summed E-state index contributed by atoms with van der Waals surface area (Å²) in [4.78, 5) is 4.42. The van der Waals surface area contributed by atoms with Crippen LogP contribution in [0.15, 0.2) is 83.2 Å². The second-order valence-electron chi connectivity index (χ2n) is 7.21. The highest BCUT2D eigenvalue weighted by Crippen LogP contribution is 2.32. The van der Waals surface area contributed by atoms with Gasteiger partial charge in [-0.05, 0) is 53.9 Å². The highest BCUT2D eigenvalue weighted by Gasteiger charge is 2.24. The third-order valence-electron chi connectivity index (χ3n) is 4.93. The van der Waals surface area contributed by atoms with Gasteiger partial charge in [-0.3, -0.25) is 0 Å². The first-order valence-electron chi connectivity index (χ1n) is 9.82. The molecule has 0 saturated carbocycles. The van der Waals surface area contributed by atoms with E-state index in [1.54, 1.807) is 66.2 Å². The number of hydrogen-bond donors (Lipinski definition) is 1. The third kappa shape index (κ3) is 5.61. The van der Waals surface area contributed by atoms with Crippen LogP contribution in [0.1, 0.15) is 22.2 Å². The van der Waals surface area contributed by atoms with Gasteiger partial charge in [-0.15, -0.1) is 11.3 Å². The molecule has 33 heavy (non-hydrogen) atoms. The van der Waals surface area contributed by atoms with Crippen molar-refractivity contribution in [2.24, 2.45) is 0 Å². The fourth-order valence-electron chi connectivity index (χ4n) is 3.40. The van der Waals surface area contributed by atoms with Crippen molar-refractivity contribution in [3.05, 3.63) is 104 Å². The van der Waals surface area contributed by atoms with Gasteiger partial charge in [0.1, 0.15) is 5.01 Å². The van der Waals surface area contributed by atoms with Crippen LogP contribution in [0.3, 0.4) is 0 Å². The van der Waals surface area contributed by atoms with Crippen molar-refractivity contribution in [1.82, 2.24) is 9.71 Å². The minimum atomic E-state index is -3.89. The van der Waals surface area contributed by atoms with Gasteiger partial charge in [-0.25, -0.2) is 18.1 Å². The number of halogens is 2. The molecule has 166 valence electrons. The predicted molar refractivity (Wildman–Crippen MR) is 132 cm³/mol. The monoisotopic (exact) mass is 513 g/mol. The van der Waals surface area contributed by atoms with Crippen molar-refractivity contribution in [3.8, 4) is 17.2 Å². The summed E-state index contributed by atoms with van der Waals surface area (Å²) in [6.07, 6.45) is 1.99. The van der Waals surface area contributed by atoms with Crippen molar-refractivity contribution in [2.75, 3.05) is 0 Å². The van der Waals surface area contributed by atoms with E-state index in [9.17, 15) is 13.7 Å². The van der Waals surface area contributed by atoms with E-state index < -0.39 is 16.1 Å². The molecule has 0 bridgehead atoms. The summed E-state index contributed by atoms with van der Waals surface area (Å²) in [5, 5.41) is 12.5. The molecule has 0 fully saturated rings. The SMILES string of the molecule is N#Cc1cccc(C[C@H](NS(=O)(=O)c2cccc(-c3ccc(Cl)cc3Cl)c2)c2nccs2)c1. The normalized spacial score (nSPS) is 12.3. The van der Waals surface area contributed by atoms with Crippen LogP contribution in [0.4, 0.5) is 0 Å². The molecule has 0 saturated heterocycles. The van der Waals surface area contributed by atoms with Gasteiger partial charge < -0.3 is 0 Å². The molecule has 1 atom stereocenters. The second kappa shape index (κ2) is 10.0. The Kier molecular flexibility index (Phi) is 7.13. The minimum Gasteiger partial charge on any atom is -0.248 e. The molecule has 4 aromatic rings. The zero-order valence-corrected chi connectivity index (χ0v) is 20.2. The fraction of sp³-hybridized carbons (Fsp3) is 0.0833. The lowest BCUT2D eigenvalue weighted by atomic mass is 10.0. The highest BCUT2D eigenvalue weighted by molar-refractivity contribution is 7.89. The van der Waals surface area contributed by atoms with Crippen molar-refractivity contribution < 1.29 is 8.42 Å². The molecule has 0 spiro atoms. The molecule has 0 aliphatic carbocycles. The maximum absolute atomic E-state index is 13.3. The molecule has 3 aromatic carbocycles. The topological polar surface area (TPSA) is 82.9 Å². The van der Waals surface area contributed by atoms with Crippen molar-refractivity contribution in [2.45, 2.75) is 17.4 Å². The van der Waals surface area contributed by atoms with E-state index in [0.717, 1.165) is 5.56 Å². The molecule has 4 rings (SSSR count). The fourth-order valence-corrected chi connectivity index (χ4v) is 5.93. The Hall–Kier alpha value is -2.73. The first-order valence-corrected chi connectivity index (χ1v) is 12.9. The molecule has 1 aromatic heterocycles. The summed E-state index contributed by atoms with van der Waals surface area (Å²) >= 11 is 13.7. The zero-order chi connectivity index (χ0) is 23.4. The molecule has 0 radical (unpaired) electrons. The van der Waals surface area contributed by atoms with Gasteiger partial charge in [-0.1, -0.05) is 53.5 Å². The predicted octanol–water partition coefficient (Wildman–Crippen LogP) is 6.25. The maximum atomic E-state index is 13.3. The Labute approximate surface area is 206 Å². The quantitative estimate of drug-likeness (QED) is 0.316. The molecule has 0 aliphatic rings. The van der Waals surface area contributed by atoms with Crippen LogP contribution in [0, 0.1) is 11.3 Å². The molecule has 0 aliphatic heterocycles. The van der Waals surface area contributed by atoms with Gasteiger partial charge in [0.25, 0.3) is 0 Å². The van der Waals surface area contributed by atoms with Crippen molar-refractivity contribution >= 4 is 44.6 Å². The smallest absolute Gasteiger partial charge is 0.241 e. The van der Waals surface area contributed by atoms with Crippen LogP contribution in [0.5, 0.6) is 0 Å². The first-order chi connectivity index (χ1) is 15.9. The van der Waals surface area contributed by atoms with E-state index in [-0.39, 0.29) is 4.90 Å². The van der Waals surface area contributed by atoms with Gasteiger partial charge >= 0.3 is 0 Å². The van der Waals surface area contributed by atoms with Gasteiger partial charge in [0.2, 0.25) is 10.0 Å². The summed E-state index contributed by atoms with van der Waals surface area (Å²) in [7, 11) is -3.89. The molecule has 1 N–H and O–H groups in total. The average molecular weight is 514 g/mol. The van der Waals surface area contributed by atoms with Crippen LogP contribution in [-0.4, -0.2) is 13.4 Å². The minimum absolute atomic E-state index is 0.110. The molecular formula is C24H17Cl2N3O2S2. The molecule has 0 unspecified atom stereocenters. The molecule has 5 nitrogen and oxygen atoms in total. The van der Waals surface area contributed by atoms with E-state index in [0.29, 0.717) is 38.2 Å². The van der Waals surface area contributed by atoms with Crippen LogP contribution >= 0.6 is 34.5 Å². The van der Waals surface area contributed by atoms with E-state index in [1.165, 1.54) is 17.4 Å². The number of benzene rings is 3. The van der Waals surface area contributed by atoms with Crippen LogP contribution < -0.4 is 4.72 Å². The summed E-state index contributed by atoms with van der Waals surface area (Å²) in [5.41, 5.74) is 2.69. The van der Waals surface area contributed by atoms with Crippen molar-refractivity contribution in [1.29, 1.82) is 5.26 Å². The average Bonchev–Trinajstić information content (AvgIpc) is 3.34. The lowest BCUT2D eigenvalue weighted by Gasteiger charge is -2.18. The van der Waals surface area contributed by atoms with Gasteiger partial charge in [-0.2, -0.15) is 5.26 Å².